The second-order valence-corrected chi connectivity index (χ2v) is 6.88. The van der Waals surface area contributed by atoms with Gasteiger partial charge < -0.3 is 20.2 Å². The van der Waals surface area contributed by atoms with E-state index in [9.17, 15) is 14.7 Å². The van der Waals surface area contributed by atoms with Crippen molar-refractivity contribution >= 4 is 17.6 Å². The lowest BCUT2D eigenvalue weighted by molar-refractivity contribution is -0.138. The molecule has 0 aliphatic carbocycles. The van der Waals surface area contributed by atoms with Crippen LogP contribution < -0.4 is 10.2 Å². The van der Waals surface area contributed by atoms with E-state index in [-0.39, 0.29) is 11.8 Å². The Morgan fingerprint density at radius 1 is 1.36 bits per heavy atom. The summed E-state index contributed by atoms with van der Waals surface area (Å²) in [6.45, 7) is 1.63. The van der Waals surface area contributed by atoms with Gasteiger partial charge in [0.2, 0.25) is 11.8 Å². The van der Waals surface area contributed by atoms with Crippen molar-refractivity contribution in [2.24, 2.45) is 0 Å². The summed E-state index contributed by atoms with van der Waals surface area (Å²) < 4.78 is 0. The summed E-state index contributed by atoms with van der Waals surface area (Å²) in [5, 5.41) is 12.0. The number of fused-ring (bicyclic) bond motifs is 1. The second-order valence-electron chi connectivity index (χ2n) is 6.88. The number of anilines is 1. The van der Waals surface area contributed by atoms with E-state index in [0.29, 0.717) is 25.3 Å². The number of hydrogen-bond acceptors (Lipinski definition) is 7. The highest BCUT2D eigenvalue weighted by molar-refractivity contribution is 5.87. The lowest BCUT2D eigenvalue weighted by atomic mass is 10.0. The SMILES string of the molecule is CC(=O)N[C@@H](CO)C(=O)N1CCc2c(nc(-c3cccnc3)nc2N(C)C)C1. The highest BCUT2D eigenvalue weighted by Crippen LogP contribution is 2.28. The van der Waals surface area contributed by atoms with Crippen molar-refractivity contribution in [3.05, 3.63) is 35.8 Å². The molecule has 2 amide bonds. The van der Waals surface area contributed by atoms with Gasteiger partial charge in [-0.15, -0.1) is 0 Å². The summed E-state index contributed by atoms with van der Waals surface area (Å²) in [5.74, 6) is 0.680. The predicted molar refractivity (Wildman–Crippen MR) is 103 cm³/mol. The van der Waals surface area contributed by atoms with Crippen molar-refractivity contribution in [1.29, 1.82) is 0 Å². The topological polar surface area (TPSA) is 112 Å². The van der Waals surface area contributed by atoms with Crippen molar-refractivity contribution in [2.75, 3.05) is 32.1 Å². The fraction of sp³-hybridized carbons (Fsp3) is 0.421. The average Bonchev–Trinajstić information content (AvgIpc) is 2.70. The van der Waals surface area contributed by atoms with Crippen molar-refractivity contribution in [3.63, 3.8) is 0 Å². The minimum atomic E-state index is -0.952. The molecule has 9 heteroatoms. The Hall–Kier alpha value is -3.07. The highest BCUT2D eigenvalue weighted by atomic mass is 16.3. The molecule has 0 aromatic carbocycles. The molecule has 0 spiro atoms. The van der Waals surface area contributed by atoms with Crippen LogP contribution in [0.5, 0.6) is 0 Å². The zero-order chi connectivity index (χ0) is 20.3. The Bertz CT molecular complexity index is 871. The monoisotopic (exact) mass is 384 g/mol. The summed E-state index contributed by atoms with van der Waals surface area (Å²) >= 11 is 0. The molecule has 3 rings (SSSR count). The van der Waals surface area contributed by atoms with Crippen LogP contribution in [0.15, 0.2) is 24.5 Å². The number of aliphatic hydroxyl groups excluding tert-OH is 1. The third-order valence-electron chi connectivity index (χ3n) is 4.56. The number of aromatic nitrogens is 3. The van der Waals surface area contributed by atoms with E-state index >= 15 is 0 Å². The van der Waals surface area contributed by atoms with Crippen LogP contribution in [0.1, 0.15) is 18.2 Å². The molecule has 0 fully saturated rings. The van der Waals surface area contributed by atoms with Crippen LogP contribution in [-0.4, -0.2) is 70.1 Å². The zero-order valence-electron chi connectivity index (χ0n) is 16.2. The molecule has 28 heavy (non-hydrogen) atoms. The number of pyridine rings is 1. The van der Waals surface area contributed by atoms with Crippen LogP contribution in [-0.2, 0) is 22.6 Å². The van der Waals surface area contributed by atoms with E-state index in [1.165, 1.54) is 6.92 Å². The van der Waals surface area contributed by atoms with Gasteiger partial charge in [0.25, 0.3) is 0 Å². The number of aliphatic hydroxyl groups is 1. The van der Waals surface area contributed by atoms with Crippen LogP contribution in [0.4, 0.5) is 5.82 Å². The molecule has 1 aliphatic heterocycles. The van der Waals surface area contributed by atoms with Gasteiger partial charge in [-0.1, -0.05) is 0 Å². The average molecular weight is 384 g/mol. The van der Waals surface area contributed by atoms with Crippen LogP contribution in [0.3, 0.4) is 0 Å². The quantitative estimate of drug-likeness (QED) is 0.745. The Labute approximate surface area is 163 Å². The zero-order valence-corrected chi connectivity index (χ0v) is 16.2. The first-order chi connectivity index (χ1) is 13.4. The molecule has 0 bridgehead atoms. The van der Waals surface area contributed by atoms with Gasteiger partial charge in [0, 0.05) is 51.1 Å². The largest absolute Gasteiger partial charge is 0.394 e. The lowest BCUT2D eigenvalue weighted by Crippen LogP contribution is -2.51. The van der Waals surface area contributed by atoms with Crippen LogP contribution in [0.25, 0.3) is 11.4 Å². The van der Waals surface area contributed by atoms with E-state index in [4.69, 9.17) is 4.98 Å². The second kappa shape index (κ2) is 8.30. The van der Waals surface area contributed by atoms with Crippen molar-refractivity contribution in [3.8, 4) is 11.4 Å². The lowest BCUT2D eigenvalue weighted by Gasteiger charge is -2.32. The Morgan fingerprint density at radius 2 is 2.14 bits per heavy atom. The molecule has 9 nitrogen and oxygen atoms in total. The first-order valence-corrected chi connectivity index (χ1v) is 9.05. The Morgan fingerprint density at radius 3 is 2.75 bits per heavy atom. The molecular formula is C19H24N6O3. The summed E-state index contributed by atoms with van der Waals surface area (Å²) in [6.07, 6.45) is 3.98. The molecule has 2 aromatic rings. The molecule has 0 saturated carbocycles. The molecule has 0 unspecified atom stereocenters. The smallest absolute Gasteiger partial charge is 0.247 e. The van der Waals surface area contributed by atoms with Gasteiger partial charge in [0.05, 0.1) is 18.8 Å². The molecule has 1 atom stereocenters. The summed E-state index contributed by atoms with van der Waals surface area (Å²) in [5.41, 5.74) is 2.56. The van der Waals surface area contributed by atoms with Crippen LogP contribution in [0.2, 0.25) is 0 Å². The van der Waals surface area contributed by atoms with Crippen LogP contribution in [0, 0.1) is 0 Å². The van der Waals surface area contributed by atoms with E-state index in [0.717, 1.165) is 22.6 Å². The highest BCUT2D eigenvalue weighted by Gasteiger charge is 2.30. The summed E-state index contributed by atoms with van der Waals surface area (Å²) in [4.78, 5) is 41.1. The number of amides is 2. The molecule has 3 heterocycles. The minimum absolute atomic E-state index is 0.293. The van der Waals surface area contributed by atoms with Crippen molar-refractivity contribution < 1.29 is 14.7 Å². The van der Waals surface area contributed by atoms with Gasteiger partial charge in [-0.3, -0.25) is 14.6 Å². The number of carbonyl (C=O) groups excluding carboxylic acids is 2. The Balaban J connectivity index is 1.94. The maximum absolute atomic E-state index is 12.7. The van der Waals surface area contributed by atoms with Crippen molar-refractivity contribution in [1.82, 2.24) is 25.2 Å². The number of rotatable bonds is 5. The van der Waals surface area contributed by atoms with Crippen molar-refractivity contribution in [2.45, 2.75) is 25.9 Å². The first kappa shape index (κ1) is 19.7. The minimum Gasteiger partial charge on any atom is -0.394 e. The third kappa shape index (κ3) is 4.09. The molecule has 2 aromatic heterocycles. The predicted octanol–water partition coefficient (Wildman–Crippen LogP) is -0.0137. The summed E-state index contributed by atoms with van der Waals surface area (Å²) in [7, 11) is 3.84. The summed E-state index contributed by atoms with van der Waals surface area (Å²) in [6, 6.07) is 2.76. The maximum atomic E-state index is 12.7. The third-order valence-corrected chi connectivity index (χ3v) is 4.56. The van der Waals surface area contributed by atoms with Gasteiger partial charge in [-0.05, 0) is 18.6 Å². The number of nitrogens with one attached hydrogen (secondary N) is 1. The van der Waals surface area contributed by atoms with E-state index in [1.54, 1.807) is 17.3 Å². The standard InChI is InChI=1S/C19H24N6O3/c1-12(27)21-16(11-26)19(28)25-8-6-14-15(10-25)22-17(23-18(14)24(2)3)13-5-4-7-20-9-13/h4-5,7,9,16,26H,6,8,10-11H2,1-3H3,(H,21,27)/t16-/m0/s1. The fourth-order valence-corrected chi connectivity index (χ4v) is 3.24. The molecule has 2 N–H and O–H groups in total. The van der Waals surface area contributed by atoms with E-state index < -0.39 is 12.6 Å². The molecular weight excluding hydrogens is 360 g/mol. The first-order valence-electron chi connectivity index (χ1n) is 9.05. The van der Waals surface area contributed by atoms with Gasteiger partial charge in [-0.2, -0.15) is 0 Å². The molecule has 0 radical (unpaired) electrons. The van der Waals surface area contributed by atoms with Gasteiger partial charge in [0.15, 0.2) is 5.82 Å². The molecule has 148 valence electrons. The van der Waals surface area contributed by atoms with Gasteiger partial charge >= 0.3 is 0 Å². The number of hydrogen-bond donors (Lipinski definition) is 2. The van der Waals surface area contributed by atoms with E-state index in [1.807, 2.05) is 31.1 Å². The Kier molecular flexibility index (Phi) is 5.84. The number of nitrogens with zero attached hydrogens (tertiary/aromatic N) is 5. The van der Waals surface area contributed by atoms with Gasteiger partial charge in [0.1, 0.15) is 11.9 Å². The molecule has 1 aliphatic rings. The van der Waals surface area contributed by atoms with Gasteiger partial charge in [-0.25, -0.2) is 9.97 Å². The normalized spacial score (nSPS) is 14.2. The van der Waals surface area contributed by atoms with E-state index in [2.05, 4.69) is 15.3 Å². The fourth-order valence-electron chi connectivity index (χ4n) is 3.24. The maximum Gasteiger partial charge on any atom is 0.247 e. The number of carbonyl (C=O) groups is 2. The molecule has 0 saturated heterocycles. The van der Waals surface area contributed by atoms with Crippen LogP contribution >= 0.6 is 0 Å².